The van der Waals surface area contributed by atoms with Crippen LogP contribution in [0, 0.1) is 11.8 Å². The molecule has 1 aromatic rings. The average molecular weight is 308 g/mol. The summed E-state index contributed by atoms with van der Waals surface area (Å²) in [6.45, 7) is 6.93. The molecule has 22 heavy (non-hydrogen) atoms. The summed E-state index contributed by atoms with van der Waals surface area (Å²) in [5, 5.41) is 21.1. The molecule has 1 saturated heterocycles. The number of hydrogen-bond donors (Lipinski definition) is 2. The second-order valence-electron chi connectivity index (χ2n) is 6.13. The zero-order valence-electron chi connectivity index (χ0n) is 13.4. The molecule has 0 spiro atoms. The third-order valence-corrected chi connectivity index (χ3v) is 4.69. The van der Waals surface area contributed by atoms with Crippen LogP contribution >= 0.6 is 0 Å². The lowest BCUT2D eigenvalue weighted by atomic mass is 9.79. The van der Waals surface area contributed by atoms with Gasteiger partial charge in [0.05, 0.1) is 17.8 Å². The molecule has 0 radical (unpaired) electrons. The molecule has 1 aliphatic heterocycles. The van der Waals surface area contributed by atoms with E-state index in [0.29, 0.717) is 5.56 Å². The molecule has 0 bridgehead atoms. The van der Waals surface area contributed by atoms with Crippen molar-refractivity contribution in [2.75, 3.05) is 0 Å². The molecule has 1 heterocycles. The van der Waals surface area contributed by atoms with Gasteiger partial charge >= 0.3 is 5.97 Å². The quantitative estimate of drug-likeness (QED) is 0.835. The summed E-state index contributed by atoms with van der Waals surface area (Å²) < 4.78 is 11.0. The van der Waals surface area contributed by atoms with Gasteiger partial charge < -0.3 is 19.7 Å². The topological polar surface area (TPSA) is 76.0 Å². The molecule has 0 unspecified atom stereocenters. The van der Waals surface area contributed by atoms with Gasteiger partial charge in [-0.25, -0.2) is 4.79 Å². The SMILES string of the molecule is C[C@H]1[C@@H](O)[C@@H](C)[C@](O)([C@H](C)OC(=O)c2ccccc2)O[C@@H]1C. The monoisotopic (exact) mass is 308 g/mol. The molecule has 2 rings (SSSR count). The molecule has 0 aromatic heterocycles. The summed E-state index contributed by atoms with van der Waals surface area (Å²) in [5.74, 6) is -2.92. The molecular formula is C17H24O5. The van der Waals surface area contributed by atoms with Crippen LogP contribution in [0.2, 0.25) is 0 Å². The van der Waals surface area contributed by atoms with Gasteiger partial charge in [-0.05, 0) is 26.0 Å². The molecule has 2 N–H and O–H groups in total. The van der Waals surface area contributed by atoms with Crippen molar-refractivity contribution < 1.29 is 24.5 Å². The molecule has 5 heteroatoms. The first-order valence-electron chi connectivity index (χ1n) is 7.61. The number of ether oxygens (including phenoxy) is 2. The second kappa shape index (κ2) is 6.36. The van der Waals surface area contributed by atoms with Crippen molar-refractivity contribution in [2.45, 2.75) is 51.8 Å². The van der Waals surface area contributed by atoms with E-state index >= 15 is 0 Å². The standard InChI is InChI=1S/C17H24O5/c1-10-12(3)22-17(20,11(2)15(10)18)13(4)21-16(19)14-8-6-5-7-9-14/h5-13,15,18,20H,1-4H3/t10-,11-,12-,13+,15-,17-/m1/s1. The Labute approximate surface area is 130 Å². The summed E-state index contributed by atoms with van der Waals surface area (Å²) in [7, 11) is 0. The Kier molecular flexibility index (Phi) is 4.90. The number of aliphatic hydroxyl groups excluding tert-OH is 1. The minimum absolute atomic E-state index is 0.104. The van der Waals surface area contributed by atoms with Crippen LogP contribution in [0.5, 0.6) is 0 Å². The van der Waals surface area contributed by atoms with E-state index in [1.54, 1.807) is 51.1 Å². The number of carbonyl (C=O) groups is 1. The van der Waals surface area contributed by atoms with Crippen LogP contribution < -0.4 is 0 Å². The number of hydrogen-bond acceptors (Lipinski definition) is 5. The van der Waals surface area contributed by atoms with Gasteiger partial charge in [-0.3, -0.25) is 0 Å². The smallest absolute Gasteiger partial charge is 0.338 e. The minimum atomic E-state index is -1.71. The van der Waals surface area contributed by atoms with Crippen molar-refractivity contribution in [3.63, 3.8) is 0 Å². The van der Waals surface area contributed by atoms with Gasteiger partial charge in [0.25, 0.3) is 0 Å². The van der Waals surface area contributed by atoms with Crippen LogP contribution in [0.4, 0.5) is 0 Å². The van der Waals surface area contributed by atoms with E-state index in [0.717, 1.165) is 0 Å². The highest BCUT2D eigenvalue weighted by Gasteiger charge is 2.53. The van der Waals surface area contributed by atoms with E-state index in [2.05, 4.69) is 0 Å². The molecule has 1 aromatic carbocycles. The van der Waals surface area contributed by atoms with Crippen molar-refractivity contribution in [1.29, 1.82) is 0 Å². The summed E-state index contributed by atoms with van der Waals surface area (Å²) in [5.41, 5.74) is 0.406. The van der Waals surface area contributed by atoms with Gasteiger partial charge in [-0.1, -0.05) is 32.0 Å². The van der Waals surface area contributed by atoms with Crippen LogP contribution in [0.1, 0.15) is 38.1 Å². The van der Waals surface area contributed by atoms with Gasteiger partial charge in [-0.15, -0.1) is 0 Å². The Morgan fingerprint density at radius 2 is 1.86 bits per heavy atom. The fraction of sp³-hybridized carbons (Fsp3) is 0.588. The number of benzene rings is 1. The Balaban J connectivity index is 2.14. The first kappa shape index (κ1) is 16.9. The van der Waals surface area contributed by atoms with Crippen LogP contribution in [0.15, 0.2) is 30.3 Å². The number of rotatable bonds is 3. The lowest BCUT2D eigenvalue weighted by Gasteiger charge is -2.48. The Hall–Kier alpha value is -1.43. The van der Waals surface area contributed by atoms with Gasteiger partial charge in [0.2, 0.25) is 5.79 Å². The highest BCUT2D eigenvalue weighted by molar-refractivity contribution is 5.89. The Bertz CT molecular complexity index is 517. The van der Waals surface area contributed by atoms with Gasteiger partial charge in [-0.2, -0.15) is 0 Å². The molecule has 6 atom stereocenters. The fourth-order valence-electron chi connectivity index (χ4n) is 2.84. The van der Waals surface area contributed by atoms with E-state index in [-0.39, 0.29) is 12.0 Å². The van der Waals surface area contributed by atoms with Gasteiger partial charge in [0.1, 0.15) is 0 Å². The van der Waals surface area contributed by atoms with Crippen molar-refractivity contribution in [3.8, 4) is 0 Å². The Morgan fingerprint density at radius 3 is 2.45 bits per heavy atom. The molecule has 1 aliphatic rings. The highest BCUT2D eigenvalue weighted by Crippen LogP contribution is 2.39. The fourth-order valence-corrected chi connectivity index (χ4v) is 2.84. The minimum Gasteiger partial charge on any atom is -0.453 e. The van der Waals surface area contributed by atoms with E-state index in [1.165, 1.54) is 0 Å². The lowest BCUT2D eigenvalue weighted by Crippen LogP contribution is -2.62. The first-order chi connectivity index (χ1) is 10.3. The van der Waals surface area contributed by atoms with E-state index in [9.17, 15) is 15.0 Å². The number of esters is 1. The summed E-state index contributed by atoms with van der Waals surface area (Å²) in [6.07, 6.45) is -1.97. The van der Waals surface area contributed by atoms with E-state index in [1.807, 2.05) is 6.92 Å². The maximum absolute atomic E-state index is 12.1. The summed E-state index contributed by atoms with van der Waals surface area (Å²) in [4.78, 5) is 12.1. The zero-order valence-corrected chi connectivity index (χ0v) is 13.4. The van der Waals surface area contributed by atoms with Crippen LogP contribution in [-0.2, 0) is 9.47 Å². The maximum Gasteiger partial charge on any atom is 0.338 e. The zero-order chi connectivity index (χ0) is 16.5. The van der Waals surface area contributed by atoms with Crippen LogP contribution in [0.25, 0.3) is 0 Å². The van der Waals surface area contributed by atoms with Crippen molar-refractivity contribution in [2.24, 2.45) is 11.8 Å². The molecule has 122 valence electrons. The van der Waals surface area contributed by atoms with E-state index < -0.39 is 29.9 Å². The van der Waals surface area contributed by atoms with Crippen LogP contribution in [-0.4, -0.2) is 40.3 Å². The molecule has 0 aliphatic carbocycles. The molecule has 0 saturated carbocycles. The van der Waals surface area contributed by atoms with Gasteiger partial charge in [0.15, 0.2) is 6.10 Å². The Morgan fingerprint density at radius 1 is 1.27 bits per heavy atom. The number of aliphatic hydroxyl groups is 2. The highest BCUT2D eigenvalue weighted by atomic mass is 16.7. The summed E-state index contributed by atoms with van der Waals surface area (Å²) in [6, 6.07) is 8.57. The lowest BCUT2D eigenvalue weighted by molar-refractivity contribution is -0.342. The van der Waals surface area contributed by atoms with Crippen molar-refractivity contribution in [3.05, 3.63) is 35.9 Å². The van der Waals surface area contributed by atoms with Crippen molar-refractivity contribution >= 4 is 5.97 Å². The maximum atomic E-state index is 12.1. The normalized spacial score (nSPS) is 36.6. The third kappa shape index (κ3) is 3.02. The predicted molar refractivity (Wildman–Crippen MR) is 81.2 cm³/mol. The van der Waals surface area contributed by atoms with Gasteiger partial charge in [0, 0.05) is 11.8 Å². The number of carbonyl (C=O) groups excluding carboxylic acids is 1. The molecule has 0 amide bonds. The molecule has 1 fully saturated rings. The first-order valence-corrected chi connectivity index (χ1v) is 7.61. The van der Waals surface area contributed by atoms with Crippen molar-refractivity contribution in [1.82, 2.24) is 0 Å². The second-order valence-corrected chi connectivity index (χ2v) is 6.13. The summed E-state index contributed by atoms with van der Waals surface area (Å²) >= 11 is 0. The average Bonchev–Trinajstić information content (AvgIpc) is 2.51. The van der Waals surface area contributed by atoms with Crippen LogP contribution in [0.3, 0.4) is 0 Å². The third-order valence-electron chi connectivity index (χ3n) is 4.69. The molecular weight excluding hydrogens is 284 g/mol. The molecule has 5 nitrogen and oxygen atoms in total. The van der Waals surface area contributed by atoms with E-state index in [4.69, 9.17) is 9.47 Å². The largest absolute Gasteiger partial charge is 0.453 e. The predicted octanol–water partition coefficient (Wildman–Crippen LogP) is 1.97.